The van der Waals surface area contributed by atoms with Crippen LogP contribution in [0.3, 0.4) is 0 Å². The lowest BCUT2D eigenvalue weighted by molar-refractivity contribution is 0.247. The van der Waals surface area contributed by atoms with Gasteiger partial charge in [0.1, 0.15) is 0 Å². The van der Waals surface area contributed by atoms with Gasteiger partial charge in [-0.25, -0.2) is 0 Å². The number of hydrogen-bond acceptors (Lipinski definition) is 2. The van der Waals surface area contributed by atoms with E-state index in [2.05, 4.69) is 0 Å². The van der Waals surface area contributed by atoms with Crippen molar-refractivity contribution in [1.29, 1.82) is 0 Å². The molecule has 0 amide bonds. The van der Waals surface area contributed by atoms with Crippen LogP contribution in [0.5, 0.6) is 0 Å². The highest BCUT2D eigenvalue weighted by Crippen LogP contribution is 1.82. The Labute approximate surface area is 46.3 Å². The van der Waals surface area contributed by atoms with Gasteiger partial charge in [-0.1, -0.05) is 0 Å². The maximum absolute atomic E-state index is 5.11. The van der Waals surface area contributed by atoms with Crippen LogP contribution in [0.1, 0.15) is 6.92 Å². The minimum atomic E-state index is -1.18. The smallest absolute Gasteiger partial charge is 0.317 e. The predicted molar refractivity (Wildman–Crippen MR) is 31.6 cm³/mol. The molecule has 7 heavy (non-hydrogen) atoms. The first-order chi connectivity index (χ1) is 3.31. The van der Waals surface area contributed by atoms with Crippen molar-refractivity contribution in [1.82, 2.24) is 0 Å². The van der Waals surface area contributed by atoms with Gasteiger partial charge in [0, 0.05) is 13.7 Å². The van der Waals surface area contributed by atoms with Gasteiger partial charge in [0.25, 0.3) is 0 Å². The number of hydrogen-bond donors (Lipinski definition) is 0. The first-order valence-corrected chi connectivity index (χ1v) is 4.55. The lowest BCUT2D eigenvalue weighted by atomic mass is 10.9. The van der Waals surface area contributed by atoms with Crippen molar-refractivity contribution in [3.63, 3.8) is 0 Å². The summed E-state index contributed by atoms with van der Waals surface area (Å²) in [4.78, 5) is 0. The molecule has 0 bridgehead atoms. The van der Waals surface area contributed by atoms with Crippen LogP contribution in [0.2, 0.25) is 6.55 Å². The van der Waals surface area contributed by atoms with E-state index in [1.54, 1.807) is 7.11 Å². The first-order valence-electron chi connectivity index (χ1n) is 2.45. The molecule has 0 heterocycles. The van der Waals surface area contributed by atoms with Crippen molar-refractivity contribution in [3.8, 4) is 0 Å². The standard InChI is InChI=1S/C4H12O2Si/c1-4-6-7(3)5-2/h7H,4H2,1-3H3. The summed E-state index contributed by atoms with van der Waals surface area (Å²) in [7, 11) is 0.506. The largest absolute Gasteiger partial charge is 0.400 e. The van der Waals surface area contributed by atoms with Gasteiger partial charge in [-0.15, -0.1) is 0 Å². The zero-order chi connectivity index (χ0) is 5.70. The summed E-state index contributed by atoms with van der Waals surface area (Å²) in [5.74, 6) is 0. The third-order valence-corrected chi connectivity index (χ3v) is 2.20. The van der Waals surface area contributed by atoms with Gasteiger partial charge < -0.3 is 8.85 Å². The van der Waals surface area contributed by atoms with Crippen LogP contribution in [-0.2, 0) is 8.85 Å². The normalized spacial score (nSPS) is 14.1. The third kappa shape index (κ3) is 3.98. The molecule has 0 saturated heterocycles. The second-order valence-corrected chi connectivity index (χ2v) is 3.20. The van der Waals surface area contributed by atoms with Crippen molar-refractivity contribution >= 4 is 9.28 Å². The van der Waals surface area contributed by atoms with E-state index in [-0.39, 0.29) is 0 Å². The van der Waals surface area contributed by atoms with E-state index in [1.165, 1.54) is 0 Å². The molecule has 0 aliphatic heterocycles. The van der Waals surface area contributed by atoms with Crippen molar-refractivity contribution in [2.24, 2.45) is 0 Å². The second kappa shape index (κ2) is 4.30. The Bertz CT molecular complexity index is 40.7. The second-order valence-electron chi connectivity index (χ2n) is 1.26. The number of rotatable bonds is 3. The lowest BCUT2D eigenvalue weighted by Crippen LogP contribution is -2.15. The zero-order valence-electron chi connectivity index (χ0n) is 5.10. The highest BCUT2D eigenvalue weighted by Gasteiger charge is 1.97. The average Bonchev–Trinajstić information content (AvgIpc) is 1.68. The fourth-order valence-electron chi connectivity index (χ4n) is 0.303. The van der Waals surface area contributed by atoms with Crippen molar-refractivity contribution in [3.05, 3.63) is 0 Å². The van der Waals surface area contributed by atoms with Crippen molar-refractivity contribution in [2.75, 3.05) is 13.7 Å². The fraction of sp³-hybridized carbons (Fsp3) is 1.00. The molecular weight excluding hydrogens is 108 g/mol. The van der Waals surface area contributed by atoms with E-state index < -0.39 is 9.28 Å². The topological polar surface area (TPSA) is 18.5 Å². The summed E-state index contributed by atoms with van der Waals surface area (Å²) >= 11 is 0. The van der Waals surface area contributed by atoms with E-state index in [0.717, 1.165) is 6.61 Å². The molecule has 0 radical (unpaired) electrons. The Hall–Kier alpha value is 0.137. The van der Waals surface area contributed by atoms with Gasteiger partial charge in [0.05, 0.1) is 0 Å². The maximum Gasteiger partial charge on any atom is 0.317 e. The van der Waals surface area contributed by atoms with Crippen LogP contribution in [-0.4, -0.2) is 23.0 Å². The molecule has 0 saturated carbocycles. The van der Waals surface area contributed by atoms with Gasteiger partial charge in [-0.05, 0) is 13.5 Å². The summed E-state index contributed by atoms with van der Waals surface area (Å²) in [6, 6.07) is 0. The molecule has 3 heteroatoms. The average molecular weight is 120 g/mol. The van der Waals surface area contributed by atoms with Gasteiger partial charge >= 0.3 is 9.28 Å². The Kier molecular flexibility index (Phi) is 4.38. The van der Waals surface area contributed by atoms with Crippen molar-refractivity contribution in [2.45, 2.75) is 13.5 Å². The van der Waals surface area contributed by atoms with E-state index in [1.807, 2.05) is 13.5 Å². The maximum atomic E-state index is 5.11. The molecule has 0 aromatic carbocycles. The Balaban J connectivity index is 2.83. The fourth-order valence-corrected chi connectivity index (χ4v) is 0.908. The SMILES string of the molecule is CCO[SiH](C)OC. The van der Waals surface area contributed by atoms with Crippen LogP contribution in [0.4, 0.5) is 0 Å². The Morgan fingerprint density at radius 3 is 2.29 bits per heavy atom. The quantitative estimate of drug-likeness (QED) is 0.505. The molecule has 0 N–H and O–H groups in total. The molecule has 1 unspecified atom stereocenters. The van der Waals surface area contributed by atoms with Gasteiger partial charge in [0.15, 0.2) is 0 Å². The molecule has 0 spiro atoms. The van der Waals surface area contributed by atoms with Crippen LogP contribution in [0.15, 0.2) is 0 Å². The van der Waals surface area contributed by atoms with Gasteiger partial charge in [0.2, 0.25) is 0 Å². The van der Waals surface area contributed by atoms with E-state index >= 15 is 0 Å². The monoisotopic (exact) mass is 120 g/mol. The molecular formula is C4H12O2Si. The molecule has 2 nitrogen and oxygen atoms in total. The molecule has 0 fully saturated rings. The van der Waals surface area contributed by atoms with E-state index in [4.69, 9.17) is 8.85 Å². The summed E-state index contributed by atoms with van der Waals surface area (Å²) in [6.07, 6.45) is 0. The molecule has 0 aromatic heterocycles. The summed E-state index contributed by atoms with van der Waals surface area (Å²) < 4.78 is 10.0. The molecule has 0 aliphatic rings. The summed E-state index contributed by atoms with van der Waals surface area (Å²) in [6.45, 7) is 4.76. The predicted octanol–water partition coefficient (Wildman–Crippen LogP) is 0.520. The molecule has 44 valence electrons. The van der Waals surface area contributed by atoms with Crippen molar-refractivity contribution < 1.29 is 8.85 Å². The van der Waals surface area contributed by atoms with E-state index in [0.29, 0.717) is 0 Å². The van der Waals surface area contributed by atoms with Gasteiger partial charge in [-0.2, -0.15) is 0 Å². The summed E-state index contributed by atoms with van der Waals surface area (Å²) in [5, 5.41) is 0. The summed E-state index contributed by atoms with van der Waals surface area (Å²) in [5.41, 5.74) is 0. The molecule has 0 aromatic rings. The highest BCUT2D eigenvalue weighted by molar-refractivity contribution is 6.42. The Morgan fingerprint density at radius 1 is 1.57 bits per heavy atom. The highest BCUT2D eigenvalue weighted by atomic mass is 28.3. The van der Waals surface area contributed by atoms with Crippen LogP contribution < -0.4 is 0 Å². The molecule has 1 atom stereocenters. The van der Waals surface area contributed by atoms with Crippen LogP contribution in [0.25, 0.3) is 0 Å². The lowest BCUT2D eigenvalue weighted by Gasteiger charge is -2.04. The van der Waals surface area contributed by atoms with Gasteiger partial charge in [-0.3, -0.25) is 0 Å². The molecule has 0 rings (SSSR count). The van der Waals surface area contributed by atoms with Crippen LogP contribution >= 0.6 is 0 Å². The zero-order valence-corrected chi connectivity index (χ0v) is 6.26. The minimum Gasteiger partial charge on any atom is -0.400 e. The minimum absolute atomic E-state index is 0.779. The Morgan fingerprint density at radius 2 is 2.14 bits per heavy atom. The first kappa shape index (κ1) is 7.14. The van der Waals surface area contributed by atoms with Crippen LogP contribution in [0, 0.1) is 0 Å². The van der Waals surface area contributed by atoms with E-state index in [9.17, 15) is 0 Å². The molecule has 0 aliphatic carbocycles. The third-order valence-electron chi connectivity index (χ3n) is 0.733.